The molecule has 3 rings (SSSR count). The molecule has 0 amide bonds. The molecule has 0 N–H and O–H groups in total. The Bertz CT molecular complexity index is 1030. The van der Waals surface area contributed by atoms with Gasteiger partial charge in [0.2, 0.25) is 0 Å². The zero-order valence-corrected chi connectivity index (χ0v) is 13.7. The van der Waals surface area contributed by atoms with E-state index in [0.29, 0.717) is 11.2 Å². The summed E-state index contributed by atoms with van der Waals surface area (Å²) in [6.45, 7) is -0.0276. The number of hydrogen-bond acceptors (Lipinski definition) is 3. The van der Waals surface area contributed by atoms with Gasteiger partial charge in [-0.25, -0.2) is 9.07 Å². The Hall–Kier alpha value is -2.12. The third-order valence-electron chi connectivity index (χ3n) is 3.68. The number of halogens is 3. The summed E-state index contributed by atoms with van der Waals surface area (Å²) in [5, 5.41) is 4.39. The van der Waals surface area contributed by atoms with Crippen LogP contribution in [0.1, 0.15) is 5.56 Å². The molecule has 2 heterocycles. The van der Waals surface area contributed by atoms with Gasteiger partial charge in [0.1, 0.15) is 11.3 Å². The molecule has 0 saturated carbocycles. The van der Waals surface area contributed by atoms with Gasteiger partial charge in [-0.1, -0.05) is 29.3 Å². The van der Waals surface area contributed by atoms with Gasteiger partial charge in [-0.3, -0.25) is 14.2 Å². The average molecular weight is 357 g/mol. The largest absolute Gasteiger partial charge is 0.317 e. The molecular weight excluding hydrogens is 346 g/mol. The second-order valence-corrected chi connectivity index (χ2v) is 5.81. The molecule has 120 valence electrons. The van der Waals surface area contributed by atoms with Crippen LogP contribution in [0.25, 0.3) is 11.2 Å². The second-order valence-electron chi connectivity index (χ2n) is 5.05. The molecule has 6 nitrogen and oxygen atoms in total. The number of hydrogen-bond donors (Lipinski definition) is 0. The minimum Gasteiger partial charge on any atom is -0.301 e. The van der Waals surface area contributed by atoms with Gasteiger partial charge in [-0.2, -0.15) is 5.10 Å². The van der Waals surface area contributed by atoms with Crippen molar-refractivity contribution < 1.29 is 4.39 Å². The molecule has 0 aliphatic heterocycles. The van der Waals surface area contributed by atoms with Crippen LogP contribution in [0.5, 0.6) is 0 Å². The maximum absolute atomic E-state index is 14.0. The highest BCUT2D eigenvalue weighted by Crippen LogP contribution is 2.24. The summed E-state index contributed by atoms with van der Waals surface area (Å²) >= 11 is 12.1. The molecule has 0 unspecified atom stereocenters. The summed E-state index contributed by atoms with van der Waals surface area (Å²) in [5.74, 6) is -0.493. The summed E-state index contributed by atoms with van der Waals surface area (Å²) in [4.78, 5) is 23.9. The van der Waals surface area contributed by atoms with Crippen molar-refractivity contribution in [2.45, 2.75) is 6.54 Å². The lowest BCUT2D eigenvalue weighted by Gasteiger charge is -2.10. The van der Waals surface area contributed by atoms with Crippen LogP contribution in [0.15, 0.2) is 27.8 Å². The Morgan fingerprint density at radius 2 is 1.78 bits per heavy atom. The highest BCUT2D eigenvalue weighted by molar-refractivity contribution is 6.33. The predicted molar refractivity (Wildman–Crippen MR) is 85.7 cm³/mol. The lowest BCUT2D eigenvalue weighted by molar-refractivity contribution is 0.586. The molecule has 0 saturated heterocycles. The number of nitrogens with zero attached hydrogens (tertiary/aromatic N) is 4. The first kappa shape index (κ1) is 15.8. The maximum Gasteiger partial charge on any atom is 0.317 e. The smallest absolute Gasteiger partial charge is 0.301 e. The van der Waals surface area contributed by atoms with Gasteiger partial charge in [-0.15, -0.1) is 0 Å². The predicted octanol–water partition coefficient (Wildman–Crippen LogP) is 1.93. The van der Waals surface area contributed by atoms with E-state index in [4.69, 9.17) is 23.2 Å². The second kappa shape index (κ2) is 5.50. The van der Waals surface area contributed by atoms with Crippen molar-refractivity contribution in [1.82, 2.24) is 18.9 Å². The SMILES string of the molecule is Cn1c(=O)c(=O)n(C)c2c1c(Cl)nn2Cc1c(F)cccc1Cl. The number of aryl methyl sites for hydroxylation is 2. The molecule has 1 aromatic carbocycles. The molecule has 9 heteroatoms. The summed E-state index contributed by atoms with van der Waals surface area (Å²) in [6, 6.07) is 4.33. The summed E-state index contributed by atoms with van der Waals surface area (Å²) in [7, 11) is 2.86. The van der Waals surface area contributed by atoms with E-state index in [9.17, 15) is 14.0 Å². The monoisotopic (exact) mass is 356 g/mol. The number of rotatable bonds is 2. The number of fused-ring (bicyclic) bond motifs is 1. The fraction of sp³-hybridized carbons (Fsp3) is 0.214. The topological polar surface area (TPSA) is 61.8 Å². The van der Waals surface area contributed by atoms with E-state index in [1.165, 1.54) is 30.9 Å². The van der Waals surface area contributed by atoms with Crippen molar-refractivity contribution in [1.29, 1.82) is 0 Å². The standard InChI is InChI=1S/C14H11Cl2FN4O2/c1-19-10-11(16)18-21(12(10)20(2)14(23)13(19)22)6-7-8(15)4-3-5-9(7)17/h3-5H,6H2,1-2H3. The molecule has 23 heavy (non-hydrogen) atoms. The van der Waals surface area contributed by atoms with E-state index in [2.05, 4.69) is 5.10 Å². The first-order valence-corrected chi connectivity index (χ1v) is 7.33. The van der Waals surface area contributed by atoms with Crippen LogP contribution < -0.4 is 11.1 Å². The van der Waals surface area contributed by atoms with Crippen molar-refractivity contribution >= 4 is 34.4 Å². The van der Waals surface area contributed by atoms with Crippen molar-refractivity contribution in [2.24, 2.45) is 14.1 Å². The van der Waals surface area contributed by atoms with Crippen LogP contribution in [-0.4, -0.2) is 18.9 Å². The van der Waals surface area contributed by atoms with Crippen LogP contribution in [0.3, 0.4) is 0 Å². The fourth-order valence-electron chi connectivity index (χ4n) is 2.46. The van der Waals surface area contributed by atoms with Crippen LogP contribution in [0.2, 0.25) is 10.2 Å². The number of benzene rings is 1. The molecule has 3 aromatic rings. The molecule has 0 radical (unpaired) electrons. The van der Waals surface area contributed by atoms with Gasteiger partial charge < -0.3 is 4.57 Å². The highest BCUT2D eigenvalue weighted by Gasteiger charge is 2.19. The minimum absolute atomic E-state index is 0.0276. The van der Waals surface area contributed by atoms with Crippen molar-refractivity contribution in [3.63, 3.8) is 0 Å². The first-order valence-electron chi connectivity index (χ1n) is 6.58. The van der Waals surface area contributed by atoms with Gasteiger partial charge in [0.25, 0.3) is 0 Å². The average Bonchev–Trinajstić information content (AvgIpc) is 2.83. The molecular formula is C14H11Cl2FN4O2. The first-order chi connectivity index (χ1) is 10.8. The zero-order chi connectivity index (χ0) is 16.9. The van der Waals surface area contributed by atoms with E-state index in [1.807, 2.05) is 0 Å². The van der Waals surface area contributed by atoms with Gasteiger partial charge in [-0.05, 0) is 12.1 Å². The quantitative estimate of drug-likeness (QED) is 0.659. The molecule has 0 atom stereocenters. The van der Waals surface area contributed by atoms with Gasteiger partial charge >= 0.3 is 11.1 Å². The molecule has 0 aliphatic rings. The van der Waals surface area contributed by atoms with Crippen molar-refractivity contribution in [3.05, 3.63) is 60.5 Å². The number of aromatic nitrogens is 4. The maximum atomic E-state index is 14.0. The molecule has 0 aliphatic carbocycles. The third-order valence-corrected chi connectivity index (χ3v) is 4.28. The van der Waals surface area contributed by atoms with E-state index >= 15 is 0 Å². The summed E-state index contributed by atoms with van der Waals surface area (Å²) in [5.41, 5.74) is -0.619. The van der Waals surface area contributed by atoms with E-state index in [-0.39, 0.29) is 22.3 Å². The normalized spacial score (nSPS) is 11.3. The zero-order valence-electron chi connectivity index (χ0n) is 12.2. The molecule has 0 fully saturated rings. The Kier molecular flexibility index (Phi) is 3.77. The summed E-state index contributed by atoms with van der Waals surface area (Å²) in [6.07, 6.45) is 0. The third kappa shape index (κ3) is 2.36. The lowest BCUT2D eigenvalue weighted by atomic mass is 10.2. The van der Waals surface area contributed by atoms with Crippen LogP contribution in [0.4, 0.5) is 4.39 Å². The Balaban J connectivity index is 2.32. The Morgan fingerprint density at radius 1 is 1.13 bits per heavy atom. The molecule has 0 bridgehead atoms. The summed E-state index contributed by atoms with van der Waals surface area (Å²) < 4.78 is 17.6. The molecule has 0 spiro atoms. The van der Waals surface area contributed by atoms with Gasteiger partial charge in [0.05, 0.1) is 6.54 Å². The van der Waals surface area contributed by atoms with E-state index in [1.54, 1.807) is 6.07 Å². The van der Waals surface area contributed by atoms with Crippen LogP contribution in [-0.2, 0) is 20.6 Å². The van der Waals surface area contributed by atoms with Crippen LogP contribution >= 0.6 is 23.2 Å². The van der Waals surface area contributed by atoms with E-state index in [0.717, 1.165) is 9.13 Å². The highest BCUT2D eigenvalue weighted by atomic mass is 35.5. The van der Waals surface area contributed by atoms with Gasteiger partial charge in [0.15, 0.2) is 10.8 Å². The minimum atomic E-state index is -0.725. The Labute approximate surface area is 139 Å². The van der Waals surface area contributed by atoms with Crippen LogP contribution in [0, 0.1) is 5.82 Å². The fourth-order valence-corrected chi connectivity index (χ4v) is 2.99. The molecule has 2 aromatic heterocycles. The van der Waals surface area contributed by atoms with Gasteiger partial charge in [0, 0.05) is 24.7 Å². The van der Waals surface area contributed by atoms with Crippen molar-refractivity contribution in [2.75, 3.05) is 0 Å². The van der Waals surface area contributed by atoms with Crippen molar-refractivity contribution in [3.8, 4) is 0 Å². The Morgan fingerprint density at radius 3 is 2.43 bits per heavy atom. The van der Waals surface area contributed by atoms with E-state index < -0.39 is 16.9 Å². The lowest BCUT2D eigenvalue weighted by Crippen LogP contribution is -2.39.